The fourth-order valence-electron chi connectivity index (χ4n) is 2.74. The Labute approximate surface area is 163 Å². The Balaban J connectivity index is 1.92. The molecule has 0 radical (unpaired) electrons. The van der Waals surface area contributed by atoms with E-state index in [4.69, 9.17) is 26.8 Å². The Bertz CT molecular complexity index is 910. The first kappa shape index (κ1) is 19.7. The minimum Gasteiger partial charge on any atom is -0.480 e. The van der Waals surface area contributed by atoms with Gasteiger partial charge in [0.25, 0.3) is 18.4 Å². The van der Waals surface area contributed by atoms with Gasteiger partial charge in [0, 0.05) is 22.7 Å². The molecule has 3 N–H and O–H groups in total. The predicted molar refractivity (Wildman–Crippen MR) is 97.9 cm³/mol. The van der Waals surface area contributed by atoms with Crippen LogP contribution in [0.5, 0.6) is 5.88 Å². The normalized spacial score (nSPS) is 19.0. The average Bonchev–Trinajstić information content (AvgIpc) is 2.69. The molecule has 0 saturated heterocycles. The third-order valence-corrected chi connectivity index (χ3v) is 4.49. The van der Waals surface area contributed by atoms with Crippen LogP contribution >= 0.6 is 11.6 Å². The van der Waals surface area contributed by atoms with Gasteiger partial charge in [0.15, 0.2) is 5.54 Å². The van der Waals surface area contributed by atoms with Crippen LogP contribution in [-0.4, -0.2) is 42.0 Å². The standard InChI is InChI=1S/C17H16ClF2N5O3/c1-27-13-8-22-12(7-23-13)14(26)24-9-2-3-11(18)10(6-9)17(15(19)20)4-5-28-16(21)25-17/h2-3,6-8,15H,4-5H2,1H3,(H2,21,25)(H,24,26)/t17-/m0/s1. The van der Waals surface area contributed by atoms with Crippen molar-refractivity contribution < 1.29 is 23.0 Å². The second kappa shape index (κ2) is 7.93. The Morgan fingerprint density at radius 3 is 2.79 bits per heavy atom. The number of methoxy groups -OCH3 is 1. The van der Waals surface area contributed by atoms with Crippen LogP contribution in [-0.2, 0) is 10.3 Å². The number of amidine groups is 1. The van der Waals surface area contributed by atoms with E-state index in [1.165, 1.54) is 37.7 Å². The molecule has 2 aromatic rings. The van der Waals surface area contributed by atoms with Crippen molar-refractivity contribution in [2.45, 2.75) is 18.4 Å². The number of nitrogens with two attached hydrogens (primary N) is 1. The number of anilines is 1. The monoisotopic (exact) mass is 411 g/mol. The SMILES string of the molecule is COc1cnc(C(=O)Nc2ccc(Cl)c([C@]3(C(F)F)CCOC(N)=N3)c2)cn1. The molecule has 1 amide bonds. The van der Waals surface area contributed by atoms with Crippen molar-refractivity contribution in [3.05, 3.63) is 46.9 Å². The fraction of sp³-hybridized carbons (Fsp3) is 0.294. The number of aromatic nitrogens is 2. The summed E-state index contributed by atoms with van der Waals surface area (Å²) in [6.45, 7) is -0.0337. The summed E-state index contributed by atoms with van der Waals surface area (Å²) < 4.78 is 37.8. The highest BCUT2D eigenvalue weighted by atomic mass is 35.5. The van der Waals surface area contributed by atoms with Gasteiger partial charge in [-0.05, 0) is 18.2 Å². The van der Waals surface area contributed by atoms with E-state index in [2.05, 4.69) is 20.3 Å². The molecule has 2 heterocycles. The summed E-state index contributed by atoms with van der Waals surface area (Å²) in [7, 11) is 1.42. The molecule has 3 rings (SSSR count). The van der Waals surface area contributed by atoms with Crippen LogP contribution in [0.3, 0.4) is 0 Å². The van der Waals surface area contributed by atoms with E-state index in [9.17, 15) is 13.6 Å². The Morgan fingerprint density at radius 2 is 2.18 bits per heavy atom. The largest absolute Gasteiger partial charge is 0.480 e. The van der Waals surface area contributed by atoms with Gasteiger partial charge in [-0.15, -0.1) is 0 Å². The predicted octanol–water partition coefficient (Wildman–Crippen LogP) is 2.59. The molecule has 11 heteroatoms. The van der Waals surface area contributed by atoms with Gasteiger partial charge in [0.1, 0.15) is 5.69 Å². The molecule has 148 valence electrons. The zero-order valence-corrected chi connectivity index (χ0v) is 15.4. The van der Waals surface area contributed by atoms with Crippen molar-refractivity contribution in [3.8, 4) is 5.88 Å². The molecule has 1 aliphatic rings. The molecule has 1 aromatic carbocycles. The molecule has 0 aliphatic carbocycles. The highest BCUT2D eigenvalue weighted by molar-refractivity contribution is 6.31. The van der Waals surface area contributed by atoms with E-state index < -0.39 is 17.9 Å². The Morgan fingerprint density at radius 1 is 1.39 bits per heavy atom. The van der Waals surface area contributed by atoms with Crippen LogP contribution in [0.2, 0.25) is 5.02 Å². The molecule has 0 spiro atoms. The quantitative estimate of drug-likeness (QED) is 0.782. The number of carbonyl (C=O) groups excluding carboxylic acids is 1. The Hall–Kier alpha value is -3.01. The Kier molecular flexibility index (Phi) is 5.59. The number of nitrogens with one attached hydrogen (secondary N) is 1. The van der Waals surface area contributed by atoms with Gasteiger partial charge in [0.05, 0.1) is 26.1 Å². The lowest BCUT2D eigenvalue weighted by Gasteiger charge is -2.33. The first-order valence-electron chi connectivity index (χ1n) is 8.09. The molecule has 0 saturated carbocycles. The number of carbonyl (C=O) groups is 1. The van der Waals surface area contributed by atoms with E-state index in [0.717, 1.165) is 0 Å². The molecular formula is C17H16ClF2N5O3. The zero-order chi connectivity index (χ0) is 20.3. The molecule has 1 aliphatic heterocycles. The summed E-state index contributed by atoms with van der Waals surface area (Å²) in [5, 5.41) is 2.64. The van der Waals surface area contributed by atoms with E-state index in [0.29, 0.717) is 0 Å². The molecule has 0 bridgehead atoms. The summed E-state index contributed by atoms with van der Waals surface area (Å²) in [5.74, 6) is -0.330. The first-order chi connectivity index (χ1) is 13.4. The van der Waals surface area contributed by atoms with Crippen molar-refractivity contribution in [1.29, 1.82) is 0 Å². The van der Waals surface area contributed by atoms with E-state index in [1.54, 1.807) is 0 Å². The summed E-state index contributed by atoms with van der Waals surface area (Å²) in [6, 6.07) is 3.88. The number of aliphatic imine (C=N–C) groups is 1. The second-order valence-corrected chi connectivity index (χ2v) is 6.27. The summed E-state index contributed by atoms with van der Waals surface area (Å²) in [6.07, 6.45) is -0.486. The number of alkyl halides is 2. The lowest BCUT2D eigenvalue weighted by Crippen LogP contribution is -2.41. The number of benzene rings is 1. The molecule has 8 nitrogen and oxygen atoms in total. The number of nitrogens with zero attached hydrogens (tertiary/aromatic N) is 3. The third kappa shape index (κ3) is 3.81. The molecule has 0 fully saturated rings. The van der Waals surface area contributed by atoms with E-state index in [1.807, 2.05) is 0 Å². The van der Waals surface area contributed by atoms with Crippen LogP contribution < -0.4 is 15.8 Å². The summed E-state index contributed by atoms with van der Waals surface area (Å²) in [4.78, 5) is 24.0. The highest BCUT2D eigenvalue weighted by Gasteiger charge is 2.45. The first-order valence-corrected chi connectivity index (χ1v) is 8.47. The van der Waals surface area contributed by atoms with Gasteiger partial charge in [-0.2, -0.15) is 0 Å². The van der Waals surface area contributed by atoms with Gasteiger partial charge in [-0.1, -0.05) is 11.6 Å². The molecule has 28 heavy (non-hydrogen) atoms. The summed E-state index contributed by atoms with van der Waals surface area (Å²) >= 11 is 6.16. The smallest absolute Gasteiger partial charge is 0.283 e. The van der Waals surface area contributed by atoms with Crippen LogP contribution in [0.15, 0.2) is 35.6 Å². The van der Waals surface area contributed by atoms with E-state index in [-0.39, 0.29) is 46.9 Å². The topological polar surface area (TPSA) is 112 Å². The average molecular weight is 412 g/mol. The number of ether oxygens (including phenoxy) is 2. The number of amides is 1. The number of hydrogen-bond acceptors (Lipinski definition) is 7. The molecule has 0 unspecified atom stereocenters. The van der Waals surface area contributed by atoms with Crippen LogP contribution in [0.1, 0.15) is 22.5 Å². The lowest BCUT2D eigenvalue weighted by atomic mass is 9.86. The van der Waals surface area contributed by atoms with Gasteiger partial charge >= 0.3 is 0 Å². The molecular weight excluding hydrogens is 396 g/mol. The minimum absolute atomic E-state index is 0.0224. The number of rotatable bonds is 5. The van der Waals surface area contributed by atoms with Crippen molar-refractivity contribution in [3.63, 3.8) is 0 Å². The zero-order valence-electron chi connectivity index (χ0n) is 14.7. The number of hydrogen-bond donors (Lipinski definition) is 2. The fourth-order valence-corrected chi connectivity index (χ4v) is 3.02. The van der Waals surface area contributed by atoms with Gasteiger partial charge in [-0.3, -0.25) is 4.79 Å². The maximum Gasteiger partial charge on any atom is 0.283 e. The van der Waals surface area contributed by atoms with Crippen molar-refractivity contribution in [2.24, 2.45) is 10.7 Å². The van der Waals surface area contributed by atoms with Crippen LogP contribution in [0.4, 0.5) is 14.5 Å². The maximum atomic E-state index is 14.0. The number of halogens is 3. The van der Waals surface area contributed by atoms with Crippen molar-refractivity contribution in [1.82, 2.24) is 9.97 Å². The van der Waals surface area contributed by atoms with Crippen LogP contribution in [0.25, 0.3) is 0 Å². The van der Waals surface area contributed by atoms with Crippen molar-refractivity contribution >= 4 is 29.2 Å². The lowest BCUT2D eigenvalue weighted by molar-refractivity contribution is 0.0267. The minimum atomic E-state index is -2.88. The van der Waals surface area contributed by atoms with Crippen LogP contribution in [0, 0.1) is 0 Å². The third-order valence-electron chi connectivity index (χ3n) is 4.16. The van der Waals surface area contributed by atoms with Crippen molar-refractivity contribution in [2.75, 3.05) is 19.0 Å². The highest BCUT2D eigenvalue weighted by Crippen LogP contribution is 2.42. The van der Waals surface area contributed by atoms with Gasteiger partial charge < -0.3 is 20.5 Å². The molecule has 1 aromatic heterocycles. The van der Waals surface area contributed by atoms with Gasteiger partial charge in [0.2, 0.25) is 5.88 Å². The maximum absolute atomic E-state index is 14.0. The van der Waals surface area contributed by atoms with E-state index >= 15 is 0 Å². The van der Waals surface area contributed by atoms with Gasteiger partial charge in [-0.25, -0.2) is 23.7 Å². The summed E-state index contributed by atoms with van der Waals surface area (Å²) in [5.41, 5.74) is 3.85. The molecule has 1 atom stereocenters. The second-order valence-electron chi connectivity index (χ2n) is 5.87.